The maximum atomic E-state index is 7.45. The van der Waals surface area contributed by atoms with Gasteiger partial charge in [-0.2, -0.15) is 0 Å². The van der Waals surface area contributed by atoms with Crippen LogP contribution >= 0.6 is 0 Å². The lowest BCUT2D eigenvalue weighted by Gasteiger charge is -2.22. The van der Waals surface area contributed by atoms with Crippen LogP contribution in [-0.2, 0) is 4.74 Å². The molecular weight excluding hydrogens is 200 g/mol. The zero-order valence-electron chi connectivity index (χ0n) is 10.7. The topological polar surface area (TPSA) is 59.1 Å². The zero-order valence-corrected chi connectivity index (χ0v) is 10.7. The monoisotopic (exact) mass is 226 g/mol. The van der Waals surface area contributed by atoms with E-state index in [9.17, 15) is 0 Å². The van der Waals surface area contributed by atoms with Gasteiger partial charge in [0.1, 0.15) is 0 Å². The van der Waals surface area contributed by atoms with Crippen LogP contribution in [0, 0.1) is 16.7 Å². The first-order valence-corrected chi connectivity index (χ1v) is 6.44. The molecule has 94 valence electrons. The number of nitrogens with two attached hydrogens (primary N) is 1. The SMILES string of the molecule is CC(C)(CCCOCC1CCCC1)C(=N)N. The number of ether oxygens (including phenoxy) is 1. The molecule has 1 fully saturated rings. The average molecular weight is 226 g/mol. The van der Waals surface area contributed by atoms with Crippen LogP contribution in [0.5, 0.6) is 0 Å². The van der Waals surface area contributed by atoms with Crippen molar-refractivity contribution in [2.45, 2.75) is 52.4 Å². The van der Waals surface area contributed by atoms with Crippen LogP contribution in [0.2, 0.25) is 0 Å². The van der Waals surface area contributed by atoms with Gasteiger partial charge in [0.15, 0.2) is 0 Å². The highest BCUT2D eigenvalue weighted by Gasteiger charge is 2.21. The summed E-state index contributed by atoms with van der Waals surface area (Å²) in [6.45, 7) is 5.78. The maximum absolute atomic E-state index is 7.45. The molecule has 1 rings (SSSR count). The summed E-state index contributed by atoms with van der Waals surface area (Å²) in [4.78, 5) is 0. The molecule has 1 aliphatic carbocycles. The van der Waals surface area contributed by atoms with E-state index in [1.54, 1.807) is 0 Å². The summed E-state index contributed by atoms with van der Waals surface area (Å²) in [5.74, 6) is 1.09. The van der Waals surface area contributed by atoms with Gasteiger partial charge in [-0.1, -0.05) is 26.7 Å². The van der Waals surface area contributed by atoms with Crippen molar-refractivity contribution in [3.63, 3.8) is 0 Å². The van der Waals surface area contributed by atoms with E-state index < -0.39 is 0 Å². The Bertz CT molecular complexity index is 220. The zero-order chi connectivity index (χ0) is 12.0. The molecule has 1 saturated carbocycles. The molecule has 0 aromatic rings. The van der Waals surface area contributed by atoms with Crippen molar-refractivity contribution in [2.24, 2.45) is 17.1 Å². The lowest BCUT2D eigenvalue weighted by Crippen LogP contribution is -2.31. The fourth-order valence-corrected chi connectivity index (χ4v) is 2.18. The standard InChI is InChI=1S/C13H26N2O/c1-13(2,12(14)15)8-5-9-16-10-11-6-3-4-7-11/h11H,3-10H2,1-2H3,(H3,14,15). The Hall–Kier alpha value is -0.570. The highest BCUT2D eigenvalue weighted by atomic mass is 16.5. The number of rotatable bonds is 7. The molecule has 0 bridgehead atoms. The van der Waals surface area contributed by atoms with E-state index in [2.05, 4.69) is 0 Å². The minimum Gasteiger partial charge on any atom is -0.387 e. The van der Waals surface area contributed by atoms with Crippen LogP contribution < -0.4 is 5.73 Å². The summed E-state index contributed by atoms with van der Waals surface area (Å²) in [5, 5.41) is 7.45. The molecule has 0 aromatic carbocycles. The van der Waals surface area contributed by atoms with Gasteiger partial charge in [0.25, 0.3) is 0 Å². The van der Waals surface area contributed by atoms with Crippen LogP contribution in [0.1, 0.15) is 52.4 Å². The van der Waals surface area contributed by atoms with Crippen molar-refractivity contribution in [3.8, 4) is 0 Å². The van der Waals surface area contributed by atoms with Crippen LogP contribution in [0.15, 0.2) is 0 Å². The Morgan fingerprint density at radius 2 is 2.00 bits per heavy atom. The second kappa shape index (κ2) is 6.24. The van der Waals surface area contributed by atoms with Crippen molar-refractivity contribution >= 4 is 5.84 Å². The van der Waals surface area contributed by atoms with Gasteiger partial charge in [0.05, 0.1) is 5.84 Å². The van der Waals surface area contributed by atoms with Gasteiger partial charge in [-0.3, -0.25) is 5.41 Å². The molecule has 1 aliphatic rings. The van der Waals surface area contributed by atoms with Crippen molar-refractivity contribution in [3.05, 3.63) is 0 Å². The Kier molecular flexibility index (Phi) is 5.26. The van der Waals surface area contributed by atoms with Crippen molar-refractivity contribution in [2.75, 3.05) is 13.2 Å². The molecule has 0 aliphatic heterocycles. The smallest absolute Gasteiger partial charge is 0.0963 e. The molecule has 0 aromatic heterocycles. The largest absolute Gasteiger partial charge is 0.387 e. The normalized spacial score (nSPS) is 17.9. The van der Waals surface area contributed by atoms with Gasteiger partial charge < -0.3 is 10.5 Å². The van der Waals surface area contributed by atoms with Gasteiger partial charge in [-0.15, -0.1) is 0 Å². The molecule has 16 heavy (non-hydrogen) atoms. The van der Waals surface area contributed by atoms with Gasteiger partial charge in [-0.05, 0) is 31.6 Å². The van der Waals surface area contributed by atoms with E-state index in [1.165, 1.54) is 25.7 Å². The Morgan fingerprint density at radius 3 is 2.56 bits per heavy atom. The lowest BCUT2D eigenvalue weighted by atomic mass is 9.87. The molecule has 3 heteroatoms. The Balaban J connectivity index is 2.01. The molecule has 3 N–H and O–H groups in total. The van der Waals surface area contributed by atoms with Gasteiger partial charge in [0.2, 0.25) is 0 Å². The lowest BCUT2D eigenvalue weighted by molar-refractivity contribution is 0.0947. The van der Waals surface area contributed by atoms with Gasteiger partial charge in [0, 0.05) is 18.6 Å². The van der Waals surface area contributed by atoms with E-state index >= 15 is 0 Å². The number of hydrogen-bond acceptors (Lipinski definition) is 2. The third kappa shape index (κ3) is 4.52. The molecule has 0 heterocycles. The van der Waals surface area contributed by atoms with Crippen LogP contribution in [0.4, 0.5) is 0 Å². The molecule has 0 unspecified atom stereocenters. The first-order valence-electron chi connectivity index (χ1n) is 6.44. The summed E-state index contributed by atoms with van der Waals surface area (Å²) < 4.78 is 5.68. The number of nitrogens with one attached hydrogen (secondary N) is 1. The van der Waals surface area contributed by atoms with E-state index in [-0.39, 0.29) is 11.3 Å². The first kappa shape index (κ1) is 13.5. The molecule has 0 amide bonds. The van der Waals surface area contributed by atoms with Gasteiger partial charge >= 0.3 is 0 Å². The second-order valence-corrected chi connectivity index (χ2v) is 5.63. The van der Waals surface area contributed by atoms with Crippen molar-refractivity contribution in [1.82, 2.24) is 0 Å². The molecule has 0 atom stereocenters. The molecule has 0 spiro atoms. The summed E-state index contributed by atoms with van der Waals surface area (Å²) in [7, 11) is 0. The second-order valence-electron chi connectivity index (χ2n) is 5.63. The molecular formula is C13H26N2O. The summed E-state index contributed by atoms with van der Waals surface area (Å²) >= 11 is 0. The minimum atomic E-state index is -0.170. The molecule has 3 nitrogen and oxygen atoms in total. The molecule has 0 radical (unpaired) electrons. The number of hydrogen-bond donors (Lipinski definition) is 2. The average Bonchev–Trinajstić information content (AvgIpc) is 2.69. The highest BCUT2D eigenvalue weighted by molar-refractivity contribution is 5.82. The van der Waals surface area contributed by atoms with Crippen molar-refractivity contribution in [1.29, 1.82) is 5.41 Å². The first-order chi connectivity index (χ1) is 7.52. The van der Waals surface area contributed by atoms with Gasteiger partial charge in [-0.25, -0.2) is 0 Å². The summed E-state index contributed by atoms with van der Waals surface area (Å²) in [5.41, 5.74) is 5.36. The van der Waals surface area contributed by atoms with E-state index in [0.29, 0.717) is 0 Å². The quantitative estimate of drug-likeness (QED) is 0.398. The third-order valence-electron chi connectivity index (χ3n) is 3.65. The van der Waals surface area contributed by atoms with E-state index in [4.69, 9.17) is 15.9 Å². The fraction of sp³-hybridized carbons (Fsp3) is 0.923. The van der Waals surface area contributed by atoms with Crippen LogP contribution in [0.3, 0.4) is 0 Å². The number of amidine groups is 1. The van der Waals surface area contributed by atoms with E-state index in [0.717, 1.165) is 32.0 Å². The van der Waals surface area contributed by atoms with Crippen LogP contribution in [0.25, 0.3) is 0 Å². The predicted octanol–water partition coefficient (Wildman–Crippen LogP) is 2.94. The summed E-state index contributed by atoms with van der Waals surface area (Å²) in [6.07, 6.45) is 7.39. The predicted molar refractivity (Wildman–Crippen MR) is 67.7 cm³/mol. The Morgan fingerprint density at radius 1 is 1.38 bits per heavy atom. The summed E-state index contributed by atoms with van der Waals surface area (Å²) in [6, 6.07) is 0. The van der Waals surface area contributed by atoms with Crippen LogP contribution in [-0.4, -0.2) is 19.0 Å². The fourth-order valence-electron chi connectivity index (χ4n) is 2.18. The van der Waals surface area contributed by atoms with Crippen molar-refractivity contribution < 1.29 is 4.74 Å². The maximum Gasteiger partial charge on any atom is 0.0963 e. The Labute approximate surface area is 99.3 Å². The minimum absolute atomic E-state index is 0.170. The highest BCUT2D eigenvalue weighted by Crippen LogP contribution is 2.25. The third-order valence-corrected chi connectivity index (χ3v) is 3.65. The van der Waals surface area contributed by atoms with E-state index in [1.807, 2.05) is 13.8 Å². The molecule has 0 saturated heterocycles.